The van der Waals surface area contributed by atoms with Crippen LogP contribution >= 0.6 is 0 Å². The van der Waals surface area contributed by atoms with Gasteiger partial charge in [-0.15, -0.1) is 0 Å². The van der Waals surface area contributed by atoms with Gasteiger partial charge in [-0.1, -0.05) is 19.8 Å². The predicted octanol–water partition coefficient (Wildman–Crippen LogP) is 2.59. The third-order valence-electron chi connectivity index (χ3n) is 3.19. The maximum atomic E-state index is 10.5. The lowest BCUT2D eigenvalue weighted by Crippen LogP contribution is -2.14. The zero-order chi connectivity index (χ0) is 13.1. The van der Waals surface area contributed by atoms with E-state index in [-0.39, 0.29) is 17.9 Å². The molecule has 5 heteroatoms. The molecule has 98 valence electrons. The molecule has 1 aromatic rings. The second kappa shape index (κ2) is 5.46. The van der Waals surface area contributed by atoms with E-state index >= 15 is 0 Å². The molecule has 1 N–H and O–H groups in total. The van der Waals surface area contributed by atoms with Crippen LogP contribution in [0.2, 0.25) is 0 Å². The van der Waals surface area contributed by atoms with Gasteiger partial charge in [0.1, 0.15) is 12.2 Å². The molecule has 18 heavy (non-hydrogen) atoms. The highest BCUT2D eigenvalue weighted by Gasteiger charge is 2.44. The van der Waals surface area contributed by atoms with Crippen LogP contribution in [0.1, 0.15) is 37.9 Å². The van der Waals surface area contributed by atoms with Crippen molar-refractivity contribution in [3.63, 3.8) is 0 Å². The quantitative estimate of drug-likeness (QED) is 0.479. The number of aliphatic hydroxyl groups is 1. The van der Waals surface area contributed by atoms with Gasteiger partial charge in [-0.2, -0.15) is 0 Å². The summed E-state index contributed by atoms with van der Waals surface area (Å²) in [6.45, 7) is 2.08. The van der Waals surface area contributed by atoms with Crippen molar-refractivity contribution < 1.29 is 14.8 Å². The number of benzene rings is 1. The van der Waals surface area contributed by atoms with Crippen molar-refractivity contribution in [2.45, 2.75) is 44.5 Å². The van der Waals surface area contributed by atoms with Crippen LogP contribution in [-0.2, 0) is 4.74 Å². The first-order valence-corrected chi connectivity index (χ1v) is 6.21. The highest BCUT2D eigenvalue weighted by Crippen LogP contribution is 2.42. The Morgan fingerprint density at radius 2 is 2.11 bits per heavy atom. The molecular formula is C13H17NO4. The molecule has 1 unspecified atom stereocenters. The van der Waals surface area contributed by atoms with E-state index in [4.69, 9.17) is 4.74 Å². The summed E-state index contributed by atoms with van der Waals surface area (Å²) in [5.41, 5.74) is 0.962. The number of nitrogens with zero attached hydrogens (tertiary/aromatic N) is 1. The zero-order valence-electron chi connectivity index (χ0n) is 10.3. The third-order valence-corrected chi connectivity index (χ3v) is 3.19. The van der Waals surface area contributed by atoms with Crippen LogP contribution in [0.4, 0.5) is 5.69 Å². The smallest absolute Gasteiger partial charge is 0.269 e. The molecule has 1 fully saturated rings. The van der Waals surface area contributed by atoms with Crippen molar-refractivity contribution >= 4 is 5.69 Å². The highest BCUT2D eigenvalue weighted by molar-refractivity contribution is 5.35. The molecule has 0 spiro atoms. The summed E-state index contributed by atoms with van der Waals surface area (Å²) >= 11 is 0. The van der Waals surface area contributed by atoms with Crippen LogP contribution < -0.4 is 0 Å². The Bertz CT molecular complexity index is 418. The molecule has 0 bridgehead atoms. The molecule has 0 aliphatic carbocycles. The topological polar surface area (TPSA) is 75.9 Å². The Morgan fingerprint density at radius 3 is 2.67 bits per heavy atom. The summed E-state index contributed by atoms with van der Waals surface area (Å²) in [6.07, 6.45) is 2.06. The van der Waals surface area contributed by atoms with E-state index in [1.54, 1.807) is 12.1 Å². The number of hydrogen-bond acceptors (Lipinski definition) is 4. The van der Waals surface area contributed by atoms with E-state index in [2.05, 4.69) is 6.92 Å². The van der Waals surface area contributed by atoms with Gasteiger partial charge >= 0.3 is 0 Å². The fourth-order valence-corrected chi connectivity index (χ4v) is 2.05. The average molecular weight is 251 g/mol. The minimum absolute atomic E-state index is 0.0717. The molecule has 0 aromatic heterocycles. The zero-order valence-corrected chi connectivity index (χ0v) is 10.3. The lowest BCUT2D eigenvalue weighted by Gasteiger charge is -2.05. The summed E-state index contributed by atoms with van der Waals surface area (Å²) in [5.74, 6) is 0. The molecule has 0 radical (unpaired) electrons. The largest absolute Gasteiger partial charge is 0.390 e. The van der Waals surface area contributed by atoms with Crippen molar-refractivity contribution in [3.05, 3.63) is 39.9 Å². The average Bonchev–Trinajstić information content (AvgIpc) is 3.16. The summed E-state index contributed by atoms with van der Waals surface area (Å²) < 4.78 is 5.44. The molecule has 5 nitrogen and oxygen atoms in total. The minimum Gasteiger partial charge on any atom is -0.390 e. The van der Waals surface area contributed by atoms with Crippen LogP contribution in [-0.4, -0.2) is 22.2 Å². The van der Waals surface area contributed by atoms with E-state index in [0.29, 0.717) is 0 Å². The van der Waals surface area contributed by atoms with Crippen molar-refractivity contribution in [2.75, 3.05) is 0 Å². The Kier molecular flexibility index (Phi) is 3.93. The van der Waals surface area contributed by atoms with E-state index in [1.165, 1.54) is 12.1 Å². The number of nitro groups is 1. The summed E-state index contributed by atoms with van der Waals surface area (Å²) in [7, 11) is 0. The number of epoxide rings is 1. The number of rotatable bonds is 6. The monoisotopic (exact) mass is 251 g/mol. The van der Waals surface area contributed by atoms with Crippen molar-refractivity contribution in [3.8, 4) is 0 Å². The van der Waals surface area contributed by atoms with Gasteiger partial charge in [0.25, 0.3) is 5.69 Å². The minimum atomic E-state index is -0.440. The van der Waals surface area contributed by atoms with Gasteiger partial charge in [0.15, 0.2) is 0 Å². The third kappa shape index (κ3) is 2.86. The van der Waals surface area contributed by atoms with Crippen LogP contribution in [0.25, 0.3) is 0 Å². The Labute approximate surface area is 106 Å². The van der Waals surface area contributed by atoms with E-state index in [1.807, 2.05) is 0 Å². The van der Waals surface area contributed by atoms with E-state index in [9.17, 15) is 15.2 Å². The SMILES string of the molecule is CCCCC(O)[C@@H]1O[C@H]1c1ccc([N+](=O)[O-])cc1. The van der Waals surface area contributed by atoms with Gasteiger partial charge in [0.05, 0.1) is 11.0 Å². The Hall–Kier alpha value is -1.46. The highest BCUT2D eigenvalue weighted by atomic mass is 16.6. The second-order valence-corrected chi connectivity index (χ2v) is 4.58. The molecule has 3 atom stereocenters. The first kappa shape index (κ1) is 13.0. The van der Waals surface area contributed by atoms with Crippen LogP contribution in [0, 0.1) is 10.1 Å². The molecule has 1 aliphatic rings. The molecule has 1 saturated heterocycles. The van der Waals surface area contributed by atoms with Crippen LogP contribution in [0.3, 0.4) is 0 Å². The number of aliphatic hydroxyl groups excluding tert-OH is 1. The number of nitro benzene ring substituents is 1. The molecule has 1 aliphatic heterocycles. The van der Waals surface area contributed by atoms with Crippen LogP contribution in [0.15, 0.2) is 24.3 Å². The molecule has 2 rings (SSSR count). The van der Waals surface area contributed by atoms with Crippen molar-refractivity contribution in [1.82, 2.24) is 0 Å². The van der Waals surface area contributed by atoms with Crippen molar-refractivity contribution in [1.29, 1.82) is 0 Å². The Morgan fingerprint density at radius 1 is 1.44 bits per heavy atom. The number of hydrogen-bond donors (Lipinski definition) is 1. The maximum absolute atomic E-state index is 10.5. The summed E-state index contributed by atoms with van der Waals surface area (Å²) in [4.78, 5) is 10.1. The molecule has 1 heterocycles. The van der Waals surface area contributed by atoms with Gasteiger partial charge in [0.2, 0.25) is 0 Å². The van der Waals surface area contributed by atoms with Gasteiger partial charge in [-0.25, -0.2) is 0 Å². The lowest BCUT2D eigenvalue weighted by molar-refractivity contribution is -0.384. The number of unbranched alkanes of at least 4 members (excludes halogenated alkanes) is 1. The fraction of sp³-hybridized carbons (Fsp3) is 0.538. The Balaban J connectivity index is 1.92. The number of ether oxygens (including phenoxy) is 1. The van der Waals surface area contributed by atoms with Gasteiger partial charge < -0.3 is 9.84 Å². The normalized spacial score (nSPS) is 23.7. The fourth-order valence-electron chi connectivity index (χ4n) is 2.05. The second-order valence-electron chi connectivity index (χ2n) is 4.58. The van der Waals surface area contributed by atoms with Gasteiger partial charge in [-0.05, 0) is 24.1 Å². The molecular weight excluding hydrogens is 234 g/mol. The standard InChI is InChI=1S/C13H17NO4/c1-2-3-4-11(15)13-12(18-13)9-5-7-10(8-6-9)14(16)17/h5-8,11-13,15H,2-4H2,1H3/t11?,12-,13-/m0/s1. The maximum Gasteiger partial charge on any atom is 0.269 e. The van der Waals surface area contributed by atoms with Gasteiger partial charge in [-0.3, -0.25) is 10.1 Å². The van der Waals surface area contributed by atoms with E-state index < -0.39 is 11.0 Å². The van der Waals surface area contributed by atoms with E-state index in [0.717, 1.165) is 24.8 Å². The predicted molar refractivity (Wildman–Crippen MR) is 66.2 cm³/mol. The lowest BCUT2D eigenvalue weighted by atomic mass is 10.0. The molecule has 0 saturated carbocycles. The number of non-ortho nitro benzene ring substituents is 1. The molecule has 0 amide bonds. The molecule has 1 aromatic carbocycles. The van der Waals surface area contributed by atoms with Gasteiger partial charge in [0, 0.05) is 12.1 Å². The summed E-state index contributed by atoms with van der Waals surface area (Å²) in [6, 6.07) is 6.31. The summed E-state index contributed by atoms with van der Waals surface area (Å²) in [5, 5.41) is 20.4. The van der Waals surface area contributed by atoms with Crippen LogP contribution in [0.5, 0.6) is 0 Å². The first-order valence-electron chi connectivity index (χ1n) is 6.21. The first-order chi connectivity index (χ1) is 8.63. The van der Waals surface area contributed by atoms with Crippen molar-refractivity contribution in [2.24, 2.45) is 0 Å².